The highest BCUT2D eigenvalue weighted by molar-refractivity contribution is 7.85. The zero-order valence-corrected chi connectivity index (χ0v) is 17.6. The van der Waals surface area contributed by atoms with Crippen LogP contribution in [0.15, 0.2) is 29.2 Å². The van der Waals surface area contributed by atoms with Gasteiger partial charge < -0.3 is 0 Å². The Kier molecular flexibility index (Phi) is 11.9. The molecule has 0 spiro atoms. The molecule has 26 heavy (non-hydrogen) atoms. The zero-order chi connectivity index (χ0) is 19.3. The molecule has 1 rings (SSSR count). The maximum atomic E-state index is 11.2. The van der Waals surface area contributed by atoms with Crippen LogP contribution in [0.4, 0.5) is 0 Å². The van der Waals surface area contributed by atoms with Crippen molar-refractivity contribution in [2.75, 3.05) is 0 Å². The minimum atomic E-state index is -4.10. The Morgan fingerprint density at radius 1 is 0.731 bits per heavy atom. The molecule has 1 aromatic rings. The van der Waals surface area contributed by atoms with Gasteiger partial charge in [-0.1, -0.05) is 96.6 Å². The van der Waals surface area contributed by atoms with Gasteiger partial charge in [0.15, 0.2) is 0 Å². The zero-order valence-electron chi connectivity index (χ0n) is 16.8. The molecule has 0 radical (unpaired) electrons. The maximum Gasteiger partial charge on any atom is 0.294 e. The molecule has 1 atom stereocenters. The molecule has 0 aliphatic heterocycles. The summed E-state index contributed by atoms with van der Waals surface area (Å²) in [4.78, 5) is -0.0133. The lowest BCUT2D eigenvalue weighted by Gasteiger charge is -2.18. The summed E-state index contributed by atoms with van der Waals surface area (Å²) < 4.78 is 31.6. The molecule has 1 unspecified atom stereocenters. The van der Waals surface area contributed by atoms with Gasteiger partial charge in [0.25, 0.3) is 10.1 Å². The van der Waals surface area contributed by atoms with Crippen LogP contribution in [0.1, 0.15) is 109 Å². The normalized spacial score (nSPS) is 13.0. The quantitative estimate of drug-likeness (QED) is 0.259. The van der Waals surface area contributed by atoms with Crippen LogP contribution >= 0.6 is 0 Å². The van der Waals surface area contributed by atoms with Crippen molar-refractivity contribution in [1.29, 1.82) is 0 Å². The van der Waals surface area contributed by atoms with E-state index in [0.717, 1.165) is 6.42 Å². The summed E-state index contributed by atoms with van der Waals surface area (Å²) in [6.07, 6.45) is 16.6. The van der Waals surface area contributed by atoms with Gasteiger partial charge in [-0.2, -0.15) is 8.42 Å². The van der Waals surface area contributed by atoms with Gasteiger partial charge in [-0.15, -0.1) is 0 Å². The summed E-state index contributed by atoms with van der Waals surface area (Å²) in [5, 5.41) is 0. The minimum Gasteiger partial charge on any atom is -0.282 e. The summed E-state index contributed by atoms with van der Waals surface area (Å²) in [6, 6.07) is 6.82. The molecule has 0 aliphatic rings. The standard InChI is InChI=1S/C22H38O3S/c1-3-5-7-8-9-10-11-13-15-20(14-12-6-4-2)21-16-18-22(19-17-21)26(23,24)25/h16-20H,3-15H2,1-2H3,(H,23,24,25). The number of hydrogen-bond acceptors (Lipinski definition) is 2. The molecule has 3 nitrogen and oxygen atoms in total. The second-order valence-electron chi connectivity index (χ2n) is 7.50. The fourth-order valence-electron chi connectivity index (χ4n) is 3.55. The first kappa shape index (κ1) is 23.2. The van der Waals surface area contributed by atoms with E-state index in [1.54, 1.807) is 0 Å². The van der Waals surface area contributed by atoms with Gasteiger partial charge >= 0.3 is 0 Å². The molecule has 1 N–H and O–H groups in total. The molecule has 4 heteroatoms. The second kappa shape index (κ2) is 13.3. The van der Waals surface area contributed by atoms with E-state index < -0.39 is 10.1 Å². The van der Waals surface area contributed by atoms with E-state index in [1.807, 2.05) is 12.1 Å². The van der Waals surface area contributed by atoms with E-state index in [2.05, 4.69) is 13.8 Å². The van der Waals surface area contributed by atoms with Crippen LogP contribution in [-0.4, -0.2) is 13.0 Å². The minimum absolute atomic E-state index is 0.0133. The van der Waals surface area contributed by atoms with Crippen molar-refractivity contribution in [2.24, 2.45) is 0 Å². The highest BCUT2D eigenvalue weighted by atomic mass is 32.2. The predicted octanol–water partition coefficient (Wildman–Crippen LogP) is 7.13. The van der Waals surface area contributed by atoms with Crippen LogP contribution < -0.4 is 0 Å². The van der Waals surface area contributed by atoms with E-state index in [1.165, 1.54) is 94.7 Å². The fraction of sp³-hybridized carbons (Fsp3) is 0.727. The topological polar surface area (TPSA) is 54.4 Å². The lowest BCUT2D eigenvalue weighted by molar-refractivity contribution is 0.482. The van der Waals surface area contributed by atoms with Crippen molar-refractivity contribution in [3.63, 3.8) is 0 Å². The van der Waals surface area contributed by atoms with Crippen LogP contribution in [0.2, 0.25) is 0 Å². The Morgan fingerprint density at radius 2 is 1.15 bits per heavy atom. The third kappa shape index (κ3) is 9.72. The molecule has 0 aromatic heterocycles. The Morgan fingerprint density at radius 3 is 1.65 bits per heavy atom. The Labute approximate surface area is 161 Å². The SMILES string of the molecule is CCCCCCCCCCC(CCCCC)c1ccc(S(=O)(=O)O)cc1. The first-order valence-electron chi connectivity index (χ1n) is 10.6. The van der Waals surface area contributed by atoms with E-state index in [-0.39, 0.29) is 4.90 Å². The lowest BCUT2D eigenvalue weighted by atomic mass is 9.88. The first-order valence-corrected chi connectivity index (χ1v) is 12.0. The number of hydrogen-bond donors (Lipinski definition) is 1. The van der Waals surface area contributed by atoms with Crippen LogP contribution in [0, 0.1) is 0 Å². The van der Waals surface area contributed by atoms with Gasteiger partial charge in [0.1, 0.15) is 0 Å². The van der Waals surface area contributed by atoms with Crippen molar-refractivity contribution in [3.05, 3.63) is 29.8 Å². The highest BCUT2D eigenvalue weighted by Gasteiger charge is 2.14. The van der Waals surface area contributed by atoms with Gasteiger partial charge in [0.2, 0.25) is 0 Å². The predicted molar refractivity (Wildman–Crippen MR) is 110 cm³/mol. The van der Waals surface area contributed by atoms with E-state index in [0.29, 0.717) is 5.92 Å². The molecule has 0 saturated carbocycles. The Balaban J connectivity index is 2.48. The van der Waals surface area contributed by atoms with Crippen LogP contribution in [0.5, 0.6) is 0 Å². The van der Waals surface area contributed by atoms with E-state index >= 15 is 0 Å². The molecular weight excluding hydrogens is 344 g/mol. The Bertz CT molecular complexity index is 564. The maximum absolute atomic E-state index is 11.2. The van der Waals surface area contributed by atoms with Gasteiger partial charge in [-0.05, 0) is 36.5 Å². The summed E-state index contributed by atoms with van der Waals surface area (Å²) >= 11 is 0. The first-order chi connectivity index (χ1) is 12.5. The van der Waals surface area contributed by atoms with Crippen LogP contribution in [0.3, 0.4) is 0 Å². The molecule has 0 bridgehead atoms. The smallest absolute Gasteiger partial charge is 0.282 e. The number of unbranched alkanes of at least 4 members (excludes halogenated alkanes) is 9. The average Bonchev–Trinajstić information content (AvgIpc) is 2.62. The van der Waals surface area contributed by atoms with Gasteiger partial charge in [0.05, 0.1) is 4.90 Å². The lowest BCUT2D eigenvalue weighted by Crippen LogP contribution is -2.02. The molecule has 0 fully saturated rings. The number of benzene rings is 1. The third-order valence-corrected chi connectivity index (χ3v) is 6.08. The number of rotatable bonds is 15. The second-order valence-corrected chi connectivity index (χ2v) is 8.92. The van der Waals surface area contributed by atoms with Gasteiger partial charge in [0, 0.05) is 0 Å². The summed E-state index contributed by atoms with van der Waals surface area (Å²) in [7, 11) is -4.10. The van der Waals surface area contributed by atoms with Gasteiger partial charge in [-0.25, -0.2) is 0 Å². The molecule has 0 heterocycles. The summed E-state index contributed by atoms with van der Waals surface area (Å²) in [5.41, 5.74) is 1.21. The van der Waals surface area contributed by atoms with E-state index in [9.17, 15) is 8.42 Å². The summed E-state index contributed by atoms with van der Waals surface area (Å²) in [6.45, 7) is 4.47. The van der Waals surface area contributed by atoms with Crippen molar-refractivity contribution in [1.82, 2.24) is 0 Å². The molecule has 1 aromatic carbocycles. The molecule has 0 aliphatic carbocycles. The molecule has 150 valence electrons. The van der Waals surface area contributed by atoms with Crippen molar-refractivity contribution < 1.29 is 13.0 Å². The van der Waals surface area contributed by atoms with Gasteiger partial charge in [-0.3, -0.25) is 4.55 Å². The molecule has 0 saturated heterocycles. The molecular formula is C22H38O3S. The third-order valence-electron chi connectivity index (χ3n) is 5.21. The van der Waals surface area contributed by atoms with Crippen LogP contribution in [-0.2, 0) is 10.1 Å². The van der Waals surface area contributed by atoms with Crippen molar-refractivity contribution in [3.8, 4) is 0 Å². The average molecular weight is 383 g/mol. The fourth-order valence-corrected chi connectivity index (χ4v) is 4.04. The molecule has 0 amide bonds. The van der Waals surface area contributed by atoms with Crippen molar-refractivity contribution >= 4 is 10.1 Å². The Hall–Kier alpha value is -0.870. The monoisotopic (exact) mass is 382 g/mol. The largest absolute Gasteiger partial charge is 0.294 e. The van der Waals surface area contributed by atoms with Crippen LogP contribution in [0.25, 0.3) is 0 Å². The van der Waals surface area contributed by atoms with E-state index in [4.69, 9.17) is 4.55 Å². The summed E-state index contributed by atoms with van der Waals surface area (Å²) in [5.74, 6) is 0.497. The highest BCUT2D eigenvalue weighted by Crippen LogP contribution is 2.29. The van der Waals surface area contributed by atoms with Crippen molar-refractivity contribution in [2.45, 2.75) is 108 Å².